The van der Waals surface area contributed by atoms with Crippen molar-refractivity contribution in [2.45, 2.75) is 18.9 Å². The Morgan fingerprint density at radius 1 is 0.955 bits per heavy atom. The van der Waals surface area contributed by atoms with Gasteiger partial charge in [-0.2, -0.15) is 0 Å². The van der Waals surface area contributed by atoms with Gasteiger partial charge >= 0.3 is 5.97 Å². The summed E-state index contributed by atoms with van der Waals surface area (Å²) in [5, 5.41) is 17.3. The van der Waals surface area contributed by atoms with E-state index in [0.29, 0.717) is 54.4 Å². The topological polar surface area (TPSA) is 145 Å². The fourth-order valence-corrected chi connectivity index (χ4v) is 5.73. The number of pyridine rings is 2. The van der Waals surface area contributed by atoms with Crippen molar-refractivity contribution in [2.75, 3.05) is 36.4 Å². The highest BCUT2D eigenvalue weighted by atomic mass is 35.5. The minimum Gasteiger partial charge on any atom is -0.481 e. The van der Waals surface area contributed by atoms with Crippen molar-refractivity contribution in [3.63, 3.8) is 0 Å². The van der Waals surface area contributed by atoms with E-state index in [9.17, 15) is 24.3 Å². The Labute approximate surface area is 262 Å². The minimum atomic E-state index is -1.08. The number of aromatic nitrogens is 2. The first-order valence-corrected chi connectivity index (χ1v) is 15.1. The van der Waals surface area contributed by atoms with Crippen molar-refractivity contribution in [2.24, 2.45) is 0 Å². The summed E-state index contributed by atoms with van der Waals surface area (Å²) in [6, 6.07) is 14.2. The van der Waals surface area contributed by atoms with Gasteiger partial charge < -0.3 is 25.5 Å². The number of nitrogens with one attached hydrogen (secondary N) is 2. The molecule has 3 N–H and O–H groups in total. The molecular formula is C31H29ClN6O5S. The lowest BCUT2D eigenvalue weighted by molar-refractivity contribution is -0.137. The van der Waals surface area contributed by atoms with Gasteiger partial charge in [0.2, 0.25) is 0 Å². The maximum Gasteiger partial charge on any atom is 0.305 e. The van der Waals surface area contributed by atoms with Crippen molar-refractivity contribution in [1.82, 2.24) is 20.2 Å². The van der Waals surface area contributed by atoms with E-state index in [0.717, 1.165) is 0 Å². The second kappa shape index (κ2) is 14.1. The molecule has 226 valence electrons. The maximum atomic E-state index is 13.4. The average Bonchev–Trinajstić information content (AvgIpc) is 3.46. The van der Waals surface area contributed by atoms with Gasteiger partial charge in [0.15, 0.2) is 0 Å². The van der Waals surface area contributed by atoms with Crippen LogP contribution >= 0.6 is 22.9 Å². The summed E-state index contributed by atoms with van der Waals surface area (Å²) in [6.45, 7) is 2.20. The zero-order chi connectivity index (χ0) is 31.1. The number of carboxylic acid groups (broad SMARTS) is 1. The summed E-state index contributed by atoms with van der Waals surface area (Å²) in [6.07, 6.45) is 4.80. The summed E-state index contributed by atoms with van der Waals surface area (Å²) < 4.78 is 0. The molecule has 1 atom stereocenters. The third-order valence-electron chi connectivity index (χ3n) is 7.12. The summed E-state index contributed by atoms with van der Waals surface area (Å²) in [5.74, 6) is -2.05. The molecule has 1 aromatic carbocycles. The van der Waals surface area contributed by atoms with Crippen LogP contribution in [0, 0.1) is 0 Å². The molecule has 0 bridgehead atoms. The van der Waals surface area contributed by atoms with E-state index in [2.05, 4.69) is 25.5 Å². The van der Waals surface area contributed by atoms with Crippen LogP contribution in [0.15, 0.2) is 78.6 Å². The summed E-state index contributed by atoms with van der Waals surface area (Å²) in [5.41, 5.74) is 2.11. The van der Waals surface area contributed by atoms with Crippen LogP contribution in [0.25, 0.3) is 0 Å². The minimum absolute atomic E-state index is 0.0119. The lowest BCUT2D eigenvalue weighted by Crippen LogP contribution is -2.35. The molecule has 3 aromatic heterocycles. The first-order valence-electron chi connectivity index (χ1n) is 13.9. The number of halogens is 1. The van der Waals surface area contributed by atoms with E-state index in [4.69, 9.17) is 11.6 Å². The third-order valence-corrected chi connectivity index (χ3v) is 8.20. The Bertz CT molecular complexity index is 1640. The summed E-state index contributed by atoms with van der Waals surface area (Å²) >= 11 is 7.30. The highest BCUT2D eigenvalue weighted by Gasteiger charge is 2.25. The second-order valence-electron chi connectivity index (χ2n) is 10.1. The molecule has 3 amide bonds. The van der Waals surface area contributed by atoms with E-state index in [-0.39, 0.29) is 28.6 Å². The maximum absolute atomic E-state index is 13.4. The molecule has 0 saturated carbocycles. The lowest BCUT2D eigenvalue weighted by Gasteiger charge is -2.26. The molecule has 0 spiro atoms. The van der Waals surface area contributed by atoms with Crippen LogP contribution < -0.4 is 15.5 Å². The van der Waals surface area contributed by atoms with E-state index < -0.39 is 23.8 Å². The van der Waals surface area contributed by atoms with Crippen LogP contribution in [0.4, 0.5) is 11.4 Å². The number of amides is 3. The predicted molar refractivity (Wildman–Crippen MR) is 167 cm³/mol. The van der Waals surface area contributed by atoms with Crippen LogP contribution in [0.5, 0.6) is 0 Å². The number of carbonyl (C=O) groups excluding carboxylic acids is 3. The van der Waals surface area contributed by atoms with Gasteiger partial charge in [0.05, 0.1) is 34.3 Å². The zero-order valence-electron chi connectivity index (χ0n) is 23.5. The van der Waals surface area contributed by atoms with E-state index in [1.165, 1.54) is 29.8 Å². The Kier molecular flexibility index (Phi) is 9.82. The molecule has 4 aromatic rings. The van der Waals surface area contributed by atoms with Gasteiger partial charge in [0.1, 0.15) is 5.15 Å². The van der Waals surface area contributed by atoms with Gasteiger partial charge in [-0.1, -0.05) is 23.7 Å². The average molecular weight is 633 g/mol. The van der Waals surface area contributed by atoms with Gasteiger partial charge in [-0.25, -0.2) is 4.98 Å². The van der Waals surface area contributed by atoms with Crippen LogP contribution in [-0.4, -0.2) is 69.8 Å². The monoisotopic (exact) mass is 632 g/mol. The fourth-order valence-electron chi connectivity index (χ4n) is 4.93. The number of carbonyl (C=O) groups is 4. The number of benzene rings is 1. The Hall–Kier alpha value is -4.81. The number of hydrogen-bond acceptors (Lipinski definition) is 8. The molecule has 5 rings (SSSR count). The van der Waals surface area contributed by atoms with Crippen molar-refractivity contribution in [3.05, 3.63) is 105 Å². The zero-order valence-corrected chi connectivity index (χ0v) is 25.1. The number of hydrogen-bond donors (Lipinski definition) is 3. The molecule has 13 heteroatoms. The van der Waals surface area contributed by atoms with Crippen molar-refractivity contribution < 1.29 is 24.3 Å². The number of anilines is 2. The number of nitrogens with zero attached hydrogens (tertiary/aromatic N) is 4. The molecule has 44 heavy (non-hydrogen) atoms. The van der Waals surface area contributed by atoms with Gasteiger partial charge in [0.25, 0.3) is 17.7 Å². The van der Waals surface area contributed by atoms with E-state index in [1.807, 2.05) is 22.4 Å². The number of aliphatic carboxylic acids is 1. The number of carboxylic acids is 1. The summed E-state index contributed by atoms with van der Waals surface area (Å²) in [7, 11) is 0. The predicted octanol–water partition coefficient (Wildman–Crippen LogP) is 4.74. The Balaban J connectivity index is 1.41. The Morgan fingerprint density at radius 2 is 1.80 bits per heavy atom. The number of thiophene rings is 1. The van der Waals surface area contributed by atoms with Crippen LogP contribution in [-0.2, 0) is 4.79 Å². The molecule has 0 radical (unpaired) electrons. The fraction of sp³-hybridized carbons (Fsp3) is 0.226. The first kappa shape index (κ1) is 30.6. The molecule has 0 aliphatic carbocycles. The van der Waals surface area contributed by atoms with Crippen molar-refractivity contribution >= 4 is 58.0 Å². The van der Waals surface area contributed by atoms with Gasteiger partial charge in [-0.15, -0.1) is 11.3 Å². The molecule has 11 nitrogen and oxygen atoms in total. The molecule has 4 heterocycles. The van der Waals surface area contributed by atoms with Crippen LogP contribution in [0.2, 0.25) is 5.15 Å². The normalized spacial score (nSPS) is 13.9. The molecule has 1 aliphatic heterocycles. The Morgan fingerprint density at radius 3 is 2.50 bits per heavy atom. The molecule has 1 unspecified atom stereocenters. The largest absolute Gasteiger partial charge is 0.481 e. The molecule has 1 aliphatic rings. The molecule has 1 fully saturated rings. The smallest absolute Gasteiger partial charge is 0.305 e. The van der Waals surface area contributed by atoms with Gasteiger partial charge in [-0.05, 0) is 59.8 Å². The third kappa shape index (κ3) is 7.57. The van der Waals surface area contributed by atoms with E-state index in [1.54, 1.807) is 42.6 Å². The lowest BCUT2D eigenvalue weighted by atomic mass is 10.0. The number of rotatable bonds is 9. The van der Waals surface area contributed by atoms with Crippen molar-refractivity contribution in [1.29, 1.82) is 0 Å². The van der Waals surface area contributed by atoms with Gasteiger partial charge in [-0.3, -0.25) is 24.2 Å². The molecule has 1 saturated heterocycles. The quantitative estimate of drug-likeness (QED) is 0.224. The highest BCUT2D eigenvalue weighted by molar-refractivity contribution is 7.12. The standard InChI is InChI=1S/C31H29ClN6O5S/c32-27-9-7-22(19-34-27)30(42)36-24-16-20(29(41)35-23(17-28(39)40)21-4-1-10-33-18-21)6-8-25(24)37-11-3-12-38(14-13-37)31(43)26-5-2-15-44-26/h1-2,4-10,15-16,18-19,23H,3,11-14,17H2,(H,35,41)(H,36,42)(H,39,40). The summed E-state index contributed by atoms with van der Waals surface area (Å²) in [4.78, 5) is 63.8. The van der Waals surface area contributed by atoms with Gasteiger partial charge in [0, 0.05) is 50.3 Å². The molecular weight excluding hydrogens is 604 g/mol. The first-order chi connectivity index (χ1) is 21.3. The van der Waals surface area contributed by atoms with E-state index >= 15 is 0 Å². The van der Waals surface area contributed by atoms with Crippen molar-refractivity contribution in [3.8, 4) is 0 Å². The SMILES string of the molecule is O=C(O)CC(NC(=O)c1ccc(N2CCCN(C(=O)c3cccs3)CC2)c(NC(=O)c2ccc(Cl)nc2)c1)c1cccnc1. The highest BCUT2D eigenvalue weighted by Crippen LogP contribution is 2.30. The second-order valence-corrected chi connectivity index (χ2v) is 11.4. The van der Waals surface area contributed by atoms with Crippen LogP contribution in [0.1, 0.15) is 54.8 Å². The van der Waals surface area contributed by atoms with Crippen LogP contribution in [0.3, 0.4) is 0 Å².